The van der Waals surface area contributed by atoms with Crippen LogP contribution in [0.1, 0.15) is 51.7 Å². The smallest absolute Gasteiger partial charge is 0.410 e. The van der Waals surface area contributed by atoms with Gasteiger partial charge in [0.2, 0.25) is 0 Å². The van der Waals surface area contributed by atoms with E-state index in [1.54, 1.807) is 31.2 Å². The van der Waals surface area contributed by atoms with Crippen LogP contribution in [0.3, 0.4) is 0 Å². The molecule has 2 heterocycles. The average Bonchev–Trinajstić information content (AvgIpc) is 3.01. The van der Waals surface area contributed by atoms with Gasteiger partial charge in [-0.25, -0.2) is 14.2 Å². The quantitative estimate of drug-likeness (QED) is 0.854. The maximum atomic E-state index is 14.0. The average molecular weight is 380 g/mol. The van der Waals surface area contributed by atoms with Crippen molar-refractivity contribution in [3.05, 3.63) is 29.3 Å². The molecule has 0 radical (unpaired) electrons. The summed E-state index contributed by atoms with van der Waals surface area (Å²) in [6.07, 6.45) is -1.41. The first-order valence-electron chi connectivity index (χ1n) is 8.88. The molecule has 1 N–H and O–H groups in total. The van der Waals surface area contributed by atoms with E-state index in [1.165, 1.54) is 11.3 Å². The lowest BCUT2D eigenvalue weighted by Gasteiger charge is -2.38. The zero-order valence-electron chi connectivity index (χ0n) is 15.3. The van der Waals surface area contributed by atoms with Crippen LogP contribution in [0.5, 0.6) is 0 Å². The molecule has 1 amide bonds. The van der Waals surface area contributed by atoms with Crippen LogP contribution in [0.2, 0.25) is 0 Å². The second-order valence-electron chi connectivity index (χ2n) is 7.75. The van der Waals surface area contributed by atoms with Crippen LogP contribution in [-0.4, -0.2) is 45.4 Å². The van der Waals surface area contributed by atoms with Gasteiger partial charge < -0.3 is 14.7 Å². The van der Waals surface area contributed by atoms with Gasteiger partial charge in [0.25, 0.3) is 0 Å². The molecule has 1 aliphatic heterocycles. The molecule has 0 spiro atoms. The van der Waals surface area contributed by atoms with Crippen LogP contribution in [0.25, 0.3) is 10.2 Å². The molecule has 1 aromatic carbocycles. The number of aliphatic hydroxyl groups excluding tert-OH is 1. The lowest BCUT2D eigenvalue weighted by atomic mass is 9.93. The van der Waals surface area contributed by atoms with Crippen LogP contribution >= 0.6 is 11.3 Å². The fraction of sp³-hybridized carbons (Fsp3) is 0.579. The highest BCUT2D eigenvalue weighted by atomic mass is 32.1. The lowest BCUT2D eigenvalue weighted by Crippen LogP contribution is -2.49. The standard InChI is InChI=1S/C19H25FN2O3S/c1-19(2,3)25-18(24)22-8-7-12(20)9-13(22)10-16(23)14-5-4-6-15-17(14)26-11-21-15/h4-6,11-13,16,23H,7-10H2,1-3H3/t12-,13-,16-/m0/s1. The summed E-state index contributed by atoms with van der Waals surface area (Å²) >= 11 is 1.47. The molecule has 1 aromatic heterocycles. The lowest BCUT2D eigenvalue weighted by molar-refractivity contribution is -0.00656. The van der Waals surface area contributed by atoms with Gasteiger partial charge in [0.1, 0.15) is 11.8 Å². The van der Waals surface area contributed by atoms with Gasteiger partial charge in [-0.2, -0.15) is 0 Å². The van der Waals surface area contributed by atoms with E-state index in [4.69, 9.17) is 4.74 Å². The van der Waals surface area contributed by atoms with Gasteiger partial charge in [0, 0.05) is 18.2 Å². The number of benzene rings is 1. The topological polar surface area (TPSA) is 62.7 Å². The minimum atomic E-state index is -0.968. The Balaban J connectivity index is 1.78. The number of nitrogens with zero attached hydrogens (tertiary/aromatic N) is 2. The summed E-state index contributed by atoms with van der Waals surface area (Å²) in [5.74, 6) is 0. The Labute approximate surface area is 156 Å². The first-order valence-corrected chi connectivity index (χ1v) is 9.76. The highest BCUT2D eigenvalue weighted by Crippen LogP contribution is 2.33. The number of thiazole rings is 1. The van der Waals surface area contributed by atoms with Crippen LogP contribution in [0, 0.1) is 0 Å². The number of likely N-dealkylation sites (tertiary alicyclic amines) is 1. The van der Waals surface area contributed by atoms with Crippen molar-refractivity contribution in [2.75, 3.05) is 6.54 Å². The van der Waals surface area contributed by atoms with Crippen molar-refractivity contribution < 1.29 is 19.0 Å². The number of hydrogen-bond acceptors (Lipinski definition) is 5. The molecular weight excluding hydrogens is 355 g/mol. The normalized spacial score (nSPS) is 22.4. The molecule has 0 aliphatic carbocycles. The van der Waals surface area contributed by atoms with E-state index in [0.717, 1.165) is 15.8 Å². The van der Waals surface area contributed by atoms with E-state index in [0.29, 0.717) is 13.0 Å². The molecule has 1 fully saturated rings. The first kappa shape index (κ1) is 19.0. The Morgan fingerprint density at radius 3 is 3.00 bits per heavy atom. The third-order valence-corrected chi connectivity index (χ3v) is 5.41. The highest BCUT2D eigenvalue weighted by Gasteiger charge is 2.35. The van der Waals surface area contributed by atoms with Crippen LogP contribution < -0.4 is 0 Å². The summed E-state index contributed by atoms with van der Waals surface area (Å²) in [6, 6.07) is 5.21. The van der Waals surface area contributed by atoms with Crippen molar-refractivity contribution in [3.63, 3.8) is 0 Å². The zero-order chi connectivity index (χ0) is 18.9. The first-order chi connectivity index (χ1) is 12.2. The Hall–Kier alpha value is -1.73. The number of carbonyl (C=O) groups is 1. The zero-order valence-corrected chi connectivity index (χ0v) is 16.1. The SMILES string of the molecule is CC(C)(C)OC(=O)N1CC[C@H](F)C[C@H]1C[C@H](O)c1cccc2ncsc12. The third-order valence-electron chi connectivity index (χ3n) is 4.52. The number of rotatable bonds is 3. The van der Waals surface area contributed by atoms with Gasteiger partial charge in [0.15, 0.2) is 0 Å². The second-order valence-corrected chi connectivity index (χ2v) is 8.60. The molecule has 1 aliphatic rings. The van der Waals surface area contributed by atoms with Crippen molar-refractivity contribution in [2.45, 2.75) is 64.0 Å². The van der Waals surface area contributed by atoms with Crippen molar-refractivity contribution in [3.8, 4) is 0 Å². The second kappa shape index (κ2) is 7.48. The number of aliphatic hydroxyl groups is 1. The minimum absolute atomic E-state index is 0.217. The summed E-state index contributed by atoms with van der Waals surface area (Å²) in [6.45, 7) is 5.72. The van der Waals surface area contributed by atoms with E-state index in [9.17, 15) is 14.3 Å². The maximum absolute atomic E-state index is 14.0. The Bertz CT molecular complexity index is 773. The third kappa shape index (κ3) is 4.32. The Morgan fingerprint density at radius 2 is 2.27 bits per heavy atom. The summed E-state index contributed by atoms with van der Waals surface area (Å²) in [7, 11) is 0. The molecule has 3 rings (SSSR count). The molecule has 5 nitrogen and oxygen atoms in total. The van der Waals surface area contributed by atoms with Crippen molar-refractivity contribution in [1.29, 1.82) is 0 Å². The molecule has 26 heavy (non-hydrogen) atoms. The number of carbonyl (C=O) groups excluding carboxylic acids is 1. The molecule has 0 bridgehead atoms. The van der Waals surface area contributed by atoms with E-state index >= 15 is 0 Å². The summed E-state index contributed by atoms with van der Waals surface area (Å²) in [5, 5.41) is 10.8. The van der Waals surface area contributed by atoms with E-state index < -0.39 is 30.0 Å². The number of aromatic nitrogens is 1. The summed E-state index contributed by atoms with van der Waals surface area (Å²) in [4.78, 5) is 18.3. The van der Waals surface area contributed by atoms with E-state index in [-0.39, 0.29) is 12.8 Å². The van der Waals surface area contributed by atoms with Gasteiger partial charge in [0.05, 0.1) is 21.8 Å². The van der Waals surface area contributed by atoms with E-state index in [1.807, 2.05) is 18.2 Å². The predicted octanol–water partition coefficient (Wildman–Crippen LogP) is 4.46. The van der Waals surface area contributed by atoms with E-state index in [2.05, 4.69) is 4.98 Å². The van der Waals surface area contributed by atoms with Gasteiger partial charge in [-0.05, 0) is 46.1 Å². The molecule has 0 unspecified atom stereocenters. The summed E-state index contributed by atoms with van der Waals surface area (Å²) in [5.41, 5.74) is 2.74. The number of piperidine rings is 1. The Kier molecular flexibility index (Phi) is 5.48. The van der Waals surface area contributed by atoms with Gasteiger partial charge in [-0.1, -0.05) is 12.1 Å². The van der Waals surface area contributed by atoms with Crippen LogP contribution in [-0.2, 0) is 4.74 Å². The monoisotopic (exact) mass is 380 g/mol. The number of ether oxygens (including phenoxy) is 1. The maximum Gasteiger partial charge on any atom is 0.410 e. The molecule has 1 saturated heterocycles. The number of amides is 1. The fourth-order valence-electron chi connectivity index (χ4n) is 3.34. The number of halogens is 1. The van der Waals surface area contributed by atoms with Gasteiger partial charge in [-0.3, -0.25) is 0 Å². The van der Waals surface area contributed by atoms with Crippen LogP contribution in [0.15, 0.2) is 23.7 Å². The molecule has 3 atom stereocenters. The minimum Gasteiger partial charge on any atom is -0.444 e. The Morgan fingerprint density at radius 1 is 1.50 bits per heavy atom. The molecule has 0 saturated carbocycles. The largest absolute Gasteiger partial charge is 0.444 e. The fourth-order valence-corrected chi connectivity index (χ4v) is 4.19. The van der Waals surface area contributed by atoms with Crippen LogP contribution in [0.4, 0.5) is 9.18 Å². The predicted molar refractivity (Wildman–Crippen MR) is 100 cm³/mol. The highest BCUT2D eigenvalue weighted by molar-refractivity contribution is 7.16. The molecule has 7 heteroatoms. The van der Waals surface area contributed by atoms with Gasteiger partial charge >= 0.3 is 6.09 Å². The van der Waals surface area contributed by atoms with Crippen molar-refractivity contribution in [2.24, 2.45) is 0 Å². The molecule has 142 valence electrons. The number of alkyl halides is 1. The number of hydrogen-bond donors (Lipinski definition) is 1. The molecule has 2 aromatic rings. The van der Waals surface area contributed by atoms with Crippen molar-refractivity contribution >= 4 is 27.6 Å². The summed E-state index contributed by atoms with van der Waals surface area (Å²) < 4.78 is 20.4. The van der Waals surface area contributed by atoms with Gasteiger partial charge in [-0.15, -0.1) is 11.3 Å². The van der Waals surface area contributed by atoms with Crippen molar-refractivity contribution in [1.82, 2.24) is 9.88 Å². The molecular formula is C19H25FN2O3S. The number of fused-ring (bicyclic) bond motifs is 1.